The summed E-state index contributed by atoms with van der Waals surface area (Å²) in [6.07, 6.45) is 5.27. The number of nitrogens with two attached hydrogens (primary N) is 1. The number of likely N-dealkylation sites (tertiary alicyclic amines) is 1. The van der Waals surface area contributed by atoms with Crippen molar-refractivity contribution >= 4 is 28.9 Å². The van der Waals surface area contributed by atoms with Crippen LogP contribution in [0.15, 0.2) is 30.5 Å². The Kier molecular flexibility index (Phi) is 5.56. The summed E-state index contributed by atoms with van der Waals surface area (Å²) in [5.74, 6) is -0.169. The second-order valence-electron chi connectivity index (χ2n) is 5.26. The minimum Gasteiger partial charge on any atom is -0.375 e. The third-order valence-corrected chi connectivity index (χ3v) is 4.63. The molecule has 0 radical (unpaired) electrons. The number of nitrogen functional groups attached to an aromatic ring is 1. The number of benzene rings is 1. The number of halogens is 2. The van der Waals surface area contributed by atoms with Crippen LogP contribution >= 0.6 is 23.7 Å². The van der Waals surface area contributed by atoms with Gasteiger partial charge in [0.05, 0.1) is 0 Å². The van der Waals surface area contributed by atoms with Gasteiger partial charge in [-0.3, -0.25) is 4.90 Å². The van der Waals surface area contributed by atoms with Crippen LogP contribution in [0.1, 0.15) is 23.3 Å². The van der Waals surface area contributed by atoms with Crippen molar-refractivity contribution in [3.63, 3.8) is 0 Å². The van der Waals surface area contributed by atoms with Gasteiger partial charge < -0.3 is 5.73 Å². The average Bonchev–Trinajstić information content (AvgIpc) is 3.03. The highest BCUT2D eigenvalue weighted by Gasteiger charge is 2.25. The van der Waals surface area contributed by atoms with E-state index in [9.17, 15) is 4.39 Å². The minimum atomic E-state index is -0.169. The van der Waals surface area contributed by atoms with Gasteiger partial charge in [-0.05, 0) is 43.5 Å². The Morgan fingerprint density at radius 3 is 2.76 bits per heavy atom. The minimum absolute atomic E-state index is 0. The highest BCUT2D eigenvalue weighted by Crippen LogP contribution is 2.25. The molecule has 0 saturated carbocycles. The first-order valence-corrected chi connectivity index (χ1v) is 7.71. The number of aromatic nitrogens is 1. The van der Waals surface area contributed by atoms with Gasteiger partial charge in [-0.25, -0.2) is 9.37 Å². The van der Waals surface area contributed by atoms with E-state index in [1.54, 1.807) is 23.5 Å². The Balaban J connectivity index is 0.00000161. The van der Waals surface area contributed by atoms with Crippen molar-refractivity contribution in [1.29, 1.82) is 0 Å². The highest BCUT2D eigenvalue weighted by atomic mass is 35.5. The Morgan fingerprint density at radius 1 is 1.33 bits per heavy atom. The first-order chi connectivity index (χ1) is 9.70. The summed E-state index contributed by atoms with van der Waals surface area (Å²) < 4.78 is 12.9. The molecular formula is C15H19ClFN3S. The van der Waals surface area contributed by atoms with Crippen molar-refractivity contribution in [2.75, 3.05) is 12.3 Å². The molecule has 0 amide bonds. The number of hydrogen-bond donors (Lipinski definition) is 1. The van der Waals surface area contributed by atoms with Crippen LogP contribution in [0.25, 0.3) is 0 Å². The molecule has 21 heavy (non-hydrogen) atoms. The molecule has 2 heterocycles. The molecule has 1 aliphatic rings. The van der Waals surface area contributed by atoms with Crippen molar-refractivity contribution in [3.05, 3.63) is 46.7 Å². The molecule has 6 heteroatoms. The number of anilines is 1. The monoisotopic (exact) mass is 327 g/mol. The molecule has 0 aliphatic carbocycles. The van der Waals surface area contributed by atoms with Crippen molar-refractivity contribution in [2.45, 2.75) is 31.8 Å². The van der Waals surface area contributed by atoms with Gasteiger partial charge in [0.1, 0.15) is 5.82 Å². The molecule has 1 unspecified atom stereocenters. The van der Waals surface area contributed by atoms with E-state index in [0.29, 0.717) is 11.2 Å². The van der Waals surface area contributed by atoms with Gasteiger partial charge in [0.15, 0.2) is 5.13 Å². The number of hydrogen-bond acceptors (Lipinski definition) is 4. The topological polar surface area (TPSA) is 42.1 Å². The quantitative estimate of drug-likeness (QED) is 0.934. The number of nitrogens with zero attached hydrogens (tertiary/aromatic N) is 2. The molecule has 3 rings (SSSR count). The Hall–Kier alpha value is -1.17. The fraction of sp³-hybridized carbons (Fsp3) is 0.400. The smallest absolute Gasteiger partial charge is 0.180 e. The second-order valence-corrected chi connectivity index (χ2v) is 6.41. The van der Waals surface area contributed by atoms with Gasteiger partial charge in [-0.1, -0.05) is 12.1 Å². The third kappa shape index (κ3) is 4.15. The van der Waals surface area contributed by atoms with E-state index in [4.69, 9.17) is 5.73 Å². The van der Waals surface area contributed by atoms with Crippen LogP contribution in [-0.4, -0.2) is 22.5 Å². The molecule has 1 atom stereocenters. The van der Waals surface area contributed by atoms with E-state index in [0.717, 1.165) is 19.5 Å². The predicted molar refractivity (Wildman–Crippen MR) is 87.3 cm³/mol. The molecule has 0 bridgehead atoms. The molecule has 1 saturated heterocycles. The fourth-order valence-electron chi connectivity index (χ4n) is 2.82. The molecule has 1 aromatic carbocycles. The zero-order chi connectivity index (χ0) is 13.9. The highest BCUT2D eigenvalue weighted by molar-refractivity contribution is 7.15. The van der Waals surface area contributed by atoms with Gasteiger partial charge in [0, 0.05) is 23.7 Å². The van der Waals surface area contributed by atoms with Crippen molar-refractivity contribution in [2.24, 2.45) is 0 Å². The summed E-state index contributed by atoms with van der Waals surface area (Å²) in [5.41, 5.74) is 6.88. The van der Waals surface area contributed by atoms with E-state index >= 15 is 0 Å². The Morgan fingerprint density at radius 2 is 2.10 bits per heavy atom. The predicted octanol–water partition coefficient (Wildman–Crippen LogP) is 3.49. The van der Waals surface area contributed by atoms with Gasteiger partial charge in [-0.15, -0.1) is 23.7 Å². The molecular weight excluding hydrogens is 309 g/mol. The lowest BCUT2D eigenvalue weighted by molar-refractivity contribution is 0.246. The Labute approximate surface area is 134 Å². The van der Waals surface area contributed by atoms with Crippen molar-refractivity contribution < 1.29 is 4.39 Å². The SMILES string of the molecule is Cl.Nc1ncc(CN2CCCC2Cc2ccc(F)cc2)s1. The largest absolute Gasteiger partial charge is 0.375 e. The van der Waals surface area contributed by atoms with Crippen LogP contribution < -0.4 is 5.73 Å². The summed E-state index contributed by atoms with van der Waals surface area (Å²) in [5, 5.41) is 0.634. The molecule has 2 N–H and O–H groups in total. The van der Waals surface area contributed by atoms with Gasteiger partial charge in [0.25, 0.3) is 0 Å². The number of rotatable bonds is 4. The van der Waals surface area contributed by atoms with Gasteiger partial charge >= 0.3 is 0 Å². The van der Waals surface area contributed by atoms with Crippen LogP contribution in [0.4, 0.5) is 9.52 Å². The zero-order valence-electron chi connectivity index (χ0n) is 11.7. The third-order valence-electron chi connectivity index (χ3n) is 3.81. The van der Waals surface area contributed by atoms with Crippen molar-refractivity contribution in [1.82, 2.24) is 9.88 Å². The molecule has 0 spiro atoms. The zero-order valence-corrected chi connectivity index (χ0v) is 13.3. The van der Waals surface area contributed by atoms with Crippen LogP contribution in [0.5, 0.6) is 0 Å². The van der Waals surface area contributed by atoms with Crippen LogP contribution in [0.3, 0.4) is 0 Å². The standard InChI is InChI=1S/C15H18FN3S.ClH/c16-12-5-3-11(4-6-12)8-13-2-1-7-19(13)10-14-9-18-15(17)20-14;/h3-6,9,13H,1-2,7-8,10H2,(H2,17,18);1H. The molecule has 1 aliphatic heterocycles. The lowest BCUT2D eigenvalue weighted by Crippen LogP contribution is -2.30. The summed E-state index contributed by atoms with van der Waals surface area (Å²) in [4.78, 5) is 7.80. The second kappa shape index (κ2) is 7.20. The summed E-state index contributed by atoms with van der Waals surface area (Å²) in [7, 11) is 0. The van der Waals surface area contributed by atoms with Crippen LogP contribution in [0.2, 0.25) is 0 Å². The fourth-order valence-corrected chi connectivity index (χ4v) is 3.53. The van der Waals surface area contributed by atoms with Crippen LogP contribution in [0, 0.1) is 5.82 Å². The van der Waals surface area contributed by atoms with E-state index in [1.165, 1.54) is 23.3 Å². The lowest BCUT2D eigenvalue weighted by atomic mass is 10.0. The first kappa shape index (κ1) is 16.2. The normalized spacial score (nSPS) is 18.6. The maximum atomic E-state index is 12.9. The molecule has 2 aromatic rings. The maximum absolute atomic E-state index is 12.9. The molecule has 1 aromatic heterocycles. The van der Waals surface area contributed by atoms with Gasteiger partial charge in [0.2, 0.25) is 0 Å². The molecule has 1 fully saturated rings. The van der Waals surface area contributed by atoms with E-state index in [1.807, 2.05) is 18.3 Å². The summed E-state index contributed by atoms with van der Waals surface area (Å²) in [6, 6.07) is 7.38. The number of thiazole rings is 1. The van der Waals surface area contributed by atoms with E-state index in [-0.39, 0.29) is 18.2 Å². The van der Waals surface area contributed by atoms with Crippen molar-refractivity contribution in [3.8, 4) is 0 Å². The summed E-state index contributed by atoms with van der Waals surface area (Å²) in [6.45, 7) is 2.03. The molecule has 114 valence electrons. The lowest BCUT2D eigenvalue weighted by Gasteiger charge is -2.23. The first-order valence-electron chi connectivity index (χ1n) is 6.89. The van der Waals surface area contributed by atoms with Crippen LogP contribution in [-0.2, 0) is 13.0 Å². The summed E-state index contributed by atoms with van der Waals surface area (Å²) >= 11 is 1.56. The molecule has 3 nitrogen and oxygen atoms in total. The van der Waals surface area contributed by atoms with E-state index < -0.39 is 0 Å². The maximum Gasteiger partial charge on any atom is 0.180 e. The van der Waals surface area contributed by atoms with Gasteiger partial charge in [-0.2, -0.15) is 0 Å². The van der Waals surface area contributed by atoms with E-state index in [2.05, 4.69) is 9.88 Å². The average molecular weight is 328 g/mol. The Bertz CT molecular complexity index is 573.